The topological polar surface area (TPSA) is 89.0 Å². The molecule has 3 rings (SSSR count). The van der Waals surface area contributed by atoms with E-state index < -0.39 is 0 Å². The van der Waals surface area contributed by atoms with Crippen LogP contribution in [0.15, 0.2) is 33.8 Å². The fraction of sp³-hybridized carbons (Fsp3) is 0.267. The molecule has 23 heavy (non-hydrogen) atoms. The predicted molar refractivity (Wildman–Crippen MR) is 90.4 cm³/mol. The normalized spacial score (nSPS) is 11.2. The van der Waals surface area contributed by atoms with Gasteiger partial charge in [-0.2, -0.15) is 0 Å². The third-order valence-corrected chi connectivity index (χ3v) is 3.97. The fourth-order valence-electron chi connectivity index (χ4n) is 2.38. The lowest BCUT2D eigenvalue weighted by molar-refractivity contribution is -0.121. The molecule has 0 fully saturated rings. The van der Waals surface area contributed by atoms with E-state index in [1.165, 1.54) is 10.9 Å². The molecule has 1 amide bonds. The fourth-order valence-corrected chi connectivity index (χ4v) is 2.74. The molecular weight excluding hydrogens is 364 g/mol. The van der Waals surface area contributed by atoms with Crippen molar-refractivity contribution in [1.29, 1.82) is 0 Å². The summed E-state index contributed by atoms with van der Waals surface area (Å²) in [5.41, 5.74) is 1.55. The lowest BCUT2D eigenvalue weighted by atomic mass is 10.2. The molecule has 0 aliphatic rings. The zero-order valence-corrected chi connectivity index (χ0v) is 14.0. The number of halogens is 1. The number of aromatic amines is 1. The Hall–Kier alpha value is -2.19. The van der Waals surface area contributed by atoms with Gasteiger partial charge in [-0.1, -0.05) is 15.9 Å². The van der Waals surface area contributed by atoms with Crippen molar-refractivity contribution >= 4 is 43.8 Å². The van der Waals surface area contributed by atoms with Gasteiger partial charge in [0, 0.05) is 29.0 Å². The van der Waals surface area contributed by atoms with E-state index in [1.807, 2.05) is 18.2 Å². The Morgan fingerprint density at radius 3 is 3.09 bits per heavy atom. The van der Waals surface area contributed by atoms with Gasteiger partial charge in [0.05, 0.1) is 12.9 Å². The number of hydrogen-bond acceptors (Lipinski definition) is 4. The molecule has 0 unspecified atom stereocenters. The summed E-state index contributed by atoms with van der Waals surface area (Å²) in [6, 6.07) is 5.67. The monoisotopic (exact) mass is 378 g/mol. The first-order valence-corrected chi connectivity index (χ1v) is 7.81. The number of nitrogens with zero attached hydrogens (tertiary/aromatic N) is 2. The van der Waals surface area contributed by atoms with Crippen molar-refractivity contribution in [3.05, 3.63) is 39.4 Å². The van der Waals surface area contributed by atoms with Crippen LogP contribution in [-0.2, 0) is 16.1 Å². The summed E-state index contributed by atoms with van der Waals surface area (Å²) in [7, 11) is 1.56. The minimum absolute atomic E-state index is 0.0788. The number of nitrogens with one attached hydrogen (secondary N) is 2. The highest BCUT2D eigenvalue weighted by Crippen LogP contribution is 2.24. The zero-order chi connectivity index (χ0) is 16.4. The number of H-pyrrole nitrogens is 1. The highest BCUT2D eigenvalue weighted by Gasteiger charge is 2.12. The predicted octanol–water partition coefficient (Wildman–Crippen LogP) is 1.40. The van der Waals surface area contributed by atoms with Crippen LogP contribution in [0.2, 0.25) is 0 Å². The van der Waals surface area contributed by atoms with Crippen molar-refractivity contribution in [1.82, 2.24) is 19.9 Å². The number of carbonyl (C=O) groups is 1. The van der Waals surface area contributed by atoms with Gasteiger partial charge in [-0.3, -0.25) is 14.2 Å². The Bertz CT molecular complexity index is 932. The van der Waals surface area contributed by atoms with Gasteiger partial charge >= 0.3 is 0 Å². The van der Waals surface area contributed by atoms with Crippen LogP contribution in [0.1, 0.15) is 0 Å². The minimum Gasteiger partial charge on any atom is -0.383 e. The minimum atomic E-state index is -0.274. The highest BCUT2D eigenvalue weighted by atomic mass is 79.9. The molecular formula is C15H15BrN4O3. The Kier molecular flexibility index (Phi) is 4.44. The van der Waals surface area contributed by atoms with E-state index in [0.29, 0.717) is 24.2 Å². The summed E-state index contributed by atoms with van der Waals surface area (Å²) >= 11 is 3.41. The van der Waals surface area contributed by atoms with Crippen LogP contribution in [0.25, 0.3) is 21.9 Å². The van der Waals surface area contributed by atoms with Crippen LogP contribution in [0.5, 0.6) is 0 Å². The molecule has 0 saturated heterocycles. The molecule has 0 aliphatic heterocycles. The molecule has 7 nitrogen and oxygen atoms in total. The van der Waals surface area contributed by atoms with Crippen LogP contribution in [0, 0.1) is 0 Å². The first-order valence-electron chi connectivity index (χ1n) is 7.02. The molecule has 2 N–H and O–H groups in total. The Morgan fingerprint density at radius 1 is 1.48 bits per heavy atom. The summed E-state index contributed by atoms with van der Waals surface area (Å²) in [5.74, 6) is -0.260. The van der Waals surface area contributed by atoms with Crippen LogP contribution < -0.4 is 10.9 Å². The molecule has 0 radical (unpaired) electrons. The standard InChI is InChI=1S/C15H15BrN4O3/c1-23-5-4-17-12(21)7-20-8-18-13-10-6-9(16)2-3-11(10)19-14(13)15(20)22/h2-3,6,8,19H,4-5,7H2,1H3,(H,17,21). The molecule has 2 heterocycles. The van der Waals surface area contributed by atoms with E-state index in [1.54, 1.807) is 7.11 Å². The third kappa shape index (κ3) is 3.13. The van der Waals surface area contributed by atoms with Gasteiger partial charge in [0.1, 0.15) is 17.6 Å². The van der Waals surface area contributed by atoms with Crippen molar-refractivity contribution in [3.63, 3.8) is 0 Å². The van der Waals surface area contributed by atoms with E-state index >= 15 is 0 Å². The molecule has 2 aromatic heterocycles. The third-order valence-electron chi connectivity index (χ3n) is 3.48. The summed E-state index contributed by atoms with van der Waals surface area (Å²) in [4.78, 5) is 31.7. The number of rotatable bonds is 5. The molecule has 0 bridgehead atoms. The second-order valence-electron chi connectivity index (χ2n) is 5.06. The maximum Gasteiger partial charge on any atom is 0.278 e. The van der Waals surface area contributed by atoms with Crippen molar-refractivity contribution in [2.75, 3.05) is 20.3 Å². The molecule has 0 aliphatic carbocycles. The number of methoxy groups -OCH3 is 1. The second kappa shape index (κ2) is 6.51. The first-order chi connectivity index (χ1) is 11.1. The van der Waals surface area contributed by atoms with Crippen molar-refractivity contribution in [3.8, 4) is 0 Å². The number of aromatic nitrogens is 3. The van der Waals surface area contributed by atoms with Gasteiger partial charge in [-0.25, -0.2) is 4.98 Å². The molecule has 0 atom stereocenters. The van der Waals surface area contributed by atoms with Crippen LogP contribution in [0.4, 0.5) is 0 Å². The van der Waals surface area contributed by atoms with Gasteiger partial charge in [0.2, 0.25) is 5.91 Å². The zero-order valence-electron chi connectivity index (χ0n) is 12.4. The van der Waals surface area contributed by atoms with Crippen molar-refractivity contribution in [2.24, 2.45) is 0 Å². The number of fused-ring (bicyclic) bond motifs is 3. The smallest absolute Gasteiger partial charge is 0.278 e. The first kappa shape index (κ1) is 15.7. The van der Waals surface area contributed by atoms with E-state index in [0.717, 1.165) is 15.4 Å². The Balaban J connectivity index is 1.94. The summed E-state index contributed by atoms with van der Waals surface area (Å²) in [6.07, 6.45) is 1.40. The quantitative estimate of drug-likeness (QED) is 0.656. The maximum atomic E-state index is 12.5. The van der Waals surface area contributed by atoms with E-state index in [2.05, 4.69) is 31.2 Å². The highest BCUT2D eigenvalue weighted by molar-refractivity contribution is 9.10. The Labute approximate surface area is 139 Å². The van der Waals surface area contributed by atoms with E-state index in [4.69, 9.17) is 4.74 Å². The molecule has 1 aromatic carbocycles. The SMILES string of the molecule is COCCNC(=O)Cn1cnc2c([nH]c3ccc(Br)cc32)c1=O. The van der Waals surface area contributed by atoms with Crippen molar-refractivity contribution < 1.29 is 9.53 Å². The van der Waals surface area contributed by atoms with Gasteiger partial charge in [0.15, 0.2) is 0 Å². The average Bonchev–Trinajstić information content (AvgIpc) is 2.89. The van der Waals surface area contributed by atoms with Crippen LogP contribution >= 0.6 is 15.9 Å². The van der Waals surface area contributed by atoms with Crippen molar-refractivity contribution in [2.45, 2.75) is 6.54 Å². The lowest BCUT2D eigenvalue weighted by Gasteiger charge is -2.06. The second-order valence-corrected chi connectivity index (χ2v) is 5.97. The largest absolute Gasteiger partial charge is 0.383 e. The Morgan fingerprint density at radius 2 is 2.30 bits per heavy atom. The van der Waals surface area contributed by atoms with Gasteiger partial charge in [0.25, 0.3) is 5.56 Å². The number of carbonyl (C=O) groups excluding carboxylic acids is 1. The molecule has 3 aromatic rings. The molecule has 0 spiro atoms. The summed E-state index contributed by atoms with van der Waals surface area (Å²) in [5, 5.41) is 3.54. The van der Waals surface area contributed by atoms with Gasteiger partial charge < -0.3 is 15.0 Å². The maximum absolute atomic E-state index is 12.5. The molecule has 120 valence electrons. The molecule has 8 heteroatoms. The van der Waals surface area contributed by atoms with Gasteiger partial charge in [-0.05, 0) is 18.2 Å². The number of benzene rings is 1. The van der Waals surface area contributed by atoms with Crippen LogP contribution in [-0.4, -0.2) is 40.7 Å². The average molecular weight is 379 g/mol. The number of amides is 1. The van der Waals surface area contributed by atoms with E-state index in [-0.39, 0.29) is 18.0 Å². The summed E-state index contributed by atoms with van der Waals surface area (Å²) < 4.78 is 7.06. The number of hydrogen-bond donors (Lipinski definition) is 2. The number of ether oxygens (including phenoxy) is 1. The van der Waals surface area contributed by atoms with Gasteiger partial charge in [-0.15, -0.1) is 0 Å². The summed E-state index contributed by atoms with van der Waals surface area (Å²) in [6.45, 7) is 0.750. The molecule has 0 saturated carbocycles. The van der Waals surface area contributed by atoms with Crippen LogP contribution in [0.3, 0.4) is 0 Å². The lowest BCUT2D eigenvalue weighted by Crippen LogP contribution is -2.34. The van der Waals surface area contributed by atoms with E-state index in [9.17, 15) is 9.59 Å².